The lowest BCUT2D eigenvalue weighted by Gasteiger charge is -2.22. The molecule has 1 saturated heterocycles. The molecule has 3 rings (SSSR count). The first-order valence-electron chi connectivity index (χ1n) is 6.94. The van der Waals surface area contributed by atoms with Crippen molar-refractivity contribution in [3.8, 4) is 5.69 Å². The number of hydrogen-bond acceptors (Lipinski definition) is 5. The van der Waals surface area contributed by atoms with Gasteiger partial charge in [-0.25, -0.2) is 4.68 Å². The molecule has 0 aliphatic carbocycles. The second kappa shape index (κ2) is 5.25. The zero-order valence-electron chi connectivity index (χ0n) is 11.9. The topological polar surface area (TPSA) is 89.9 Å². The summed E-state index contributed by atoms with van der Waals surface area (Å²) < 4.78 is 1.55. The van der Waals surface area contributed by atoms with Crippen LogP contribution in [0, 0.1) is 5.41 Å². The smallest absolute Gasteiger partial charge is 0.253 e. The van der Waals surface area contributed by atoms with E-state index in [1.807, 2.05) is 17.0 Å². The van der Waals surface area contributed by atoms with Crippen molar-refractivity contribution in [3.63, 3.8) is 0 Å². The molecular weight excluding hydrogens is 268 g/mol. The van der Waals surface area contributed by atoms with Crippen LogP contribution in [0.3, 0.4) is 0 Å². The first kappa shape index (κ1) is 13.7. The van der Waals surface area contributed by atoms with Gasteiger partial charge in [-0.15, -0.1) is 5.10 Å². The standard InChI is InChI=1S/C14H18N6O/c1-14(8-15)6-7-19(9-14)13(21)11-2-4-12(5-3-11)20-10-16-17-18-20/h2-5,10H,6-9,15H2,1H3. The van der Waals surface area contributed by atoms with Gasteiger partial charge in [-0.3, -0.25) is 4.79 Å². The fourth-order valence-corrected chi connectivity index (χ4v) is 2.58. The average molecular weight is 286 g/mol. The number of aromatic nitrogens is 4. The number of hydrogen-bond donors (Lipinski definition) is 1. The molecule has 2 heterocycles. The largest absolute Gasteiger partial charge is 0.338 e. The summed E-state index contributed by atoms with van der Waals surface area (Å²) in [5, 5.41) is 11.0. The van der Waals surface area contributed by atoms with E-state index in [0.29, 0.717) is 12.1 Å². The first-order chi connectivity index (χ1) is 10.1. The molecule has 1 aliphatic heterocycles. The molecule has 0 bridgehead atoms. The lowest BCUT2D eigenvalue weighted by molar-refractivity contribution is 0.0777. The minimum Gasteiger partial charge on any atom is -0.338 e. The number of carbonyl (C=O) groups excluding carboxylic acids is 1. The Bertz CT molecular complexity index is 623. The van der Waals surface area contributed by atoms with Crippen molar-refractivity contribution < 1.29 is 4.79 Å². The van der Waals surface area contributed by atoms with Gasteiger partial charge >= 0.3 is 0 Å². The highest BCUT2D eigenvalue weighted by Crippen LogP contribution is 2.29. The minimum atomic E-state index is 0.0437. The van der Waals surface area contributed by atoms with Crippen LogP contribution in [-0.4, -0.2) is 50.6 Å². The van der Waals surface area contributed by atoms with E-state index in [2.05, 4.69) is 22.4 Å². The molecule has 1 aromatic carbocycles. The molecule has 7 heteroatoms. The molecule has 2 N–H and O–H groups in total. The van der Waals surface area contributed by atoms with Gasteiger partial charge in [0.15, 0.2) is 0 Å². The highest BCUT2D eigenvalue weighted by atomic mass is 16.2. The van der Waals surface area contributed by atoms with Crippen molar-refractivity contribution in [2.45, 2.75) is 13.3 Å². The lowest BCUT2D eigenvalue weighted by Crippen LogP contribution is -2.34. The van der Waals surface area contributed by atoms with Gasteiger partial charge in [-0.1, -0.05) is 6.92 Å². The van der Waals surface area contributed by atoms with Crippen LogP contribution in [0.5, 0.6) is 0 Å². The molecule has 0 saturated carbocycles. The maximum atomic E-state index is 12.5. The molecule has 21 heavy (non-hydrogen) atoms. The number of tetrazole rings is 1. The van der Waals surface area contributed by atoms with E-state index in [9.17, 15) is 4.79 Å². The Morgan fingerprint density at radius 3 is 2.71 bits per heavy atom. The summed E-state index contributed by atoms with van der Waals surface area (Å²) in [4.78, 5) is 14.4. The number of benzene rings is 1. The van der Waals surface area contributed by atoms with Gasteiger partial charge in [0.05, 0.1) is 5.69 Å². The molecule has 0 spiro atoms. The van der Waals surface area contributed by atoms with Crippen molar-refractivity contribution in [2.75, 3.05) is 19.6 Å². The number of carbonyl (C=O) groups is 1. The molecule has 1 amide bonds. The van der Waals surface area contributed by atoms with E-state index in [-0.39, 0.29) is 11.3 Å². The Labute approximate surface area is 122 Å². The van der Waals surface area contributed by atoms with Crippen LogP contribution in [0.4, 0.5) is 0 Å². The third-order valence-corrected chi connectivity index (χ3v) is 4.07. The summed E-state index contributed by atoms with van der Waals surface area (Å²) >= 11 is 0. The zero-order valence-corrected chi connectivity index (χ0v) is 11.9. The van der Waals surface area contributed by atoms with Crippen LogP contribution in [0.15, 0.2) is 30.6 Å². The molecule has 1 fully saturated rings. The van der Waals surface area contributed by atoms with Crippen LogP contribution in [0.2, 0.25) is 0 Å². The fourth-order valence-electron chi connectivity index (χ4n) is 2.58. The molecule has 1 aromatic heterocycles. The van der Waals surface area contributed by atoms with Crippen molar-refractivity contribution >= 4 is 5.91 Å². The van der Waals surface area contributed by atoms with Crippen molar-refractivity contribution in [3.05, 3.63) is 36.2 Å². The summed E-state index contributed by atoms with van der Waals surface area (Å²) in [6, 6.07) is 7.28. The molecule has 2 aromatic rings. The van der Waals surface area contributed by atoms with Gasteiger partial charge in [0, 0.05) is 18.7 Å². The van der Waals surface area contributed by atoms with Gasteiger partial charge in [0.1, 0.15) is 6.33 Å². The van der Waals surface area contributed by atoms with E-state index in [0.717, 1.165) is 25.2 Å². The highest BCUT2D eigenvalue weighted by molar-refractivity contribution is 5.94. The van der Waals surface area contributed by atoms with Crippen LogP contribution >= 0.6 is 0 Å². The Morgan fingerprint density at radius 1 is 1.38 bits per heavy atom. The molecule has 1 atom stereocenters. The van der Waals surface area contributed by atoms with Crippen LogP contribution in [0.25, 0.3) is 5.69 Å². The Kier molecular flexibility index (Phi) is 3.42. The Balaban J connectivity index is 1.74. The molecule has 0 radical (unpaired) electrons. The summed E-state index contributed by atoms with van der Waals surface area (Å²) in [5.74, 6) is 0.0513. The summed E-state index contributed by atoms with van der Waals surface area (Å²) in [6.07, 6.45) is 2.47. The Morgan fingerprint density at radius 2 is 2.14 bits per heavy atom. The van der Waals surface area contributed by atoms with Gasteiger partial charge in [0.2, 0.25) is 0 Å². The average Bonchev–Trinajstić information content (AvgIpc) is 3.17. The van der Waals surface area contributed by atoms with E-state index in [1.54, 1.807) is 16.8 Å². The van der Waals surface area contributed by atoms with Gasteiger partial charge in [-0.2, -0.15) is 0 Å². The molecule has 7 nitrogen and oxygen atoms in total. The number of amides is 1. The molecule has 1 aliphatic rings. The number of nitrogens with zero attached hydrogens (tertiary/aromatic N) is 5. The van der Waals surface area contributed by atoms with Crippen LogP contribution in [0.1, 0.15) is 23.7 Å². The lowest BCUT2D eigenvalue weighted by atomic mass is 9.90. The summed E-state index contributed by atoms with van der Waals surface area (Å²) in [6.45, 7) is 4.22. The highest BCUT2D eigenvalue weighted by Gasteiger charge is 2.35. The van der Waals surface area contributed by atoms with E-state index in [4.69, 9.17) is 5.73 Å². The predicted molar refractivity (Wildman–Crippen MR) is 76.8 cm³/mol. The normalized spacial score (nSPS) is 21.7. The summed E-state index contributed by atoms with van der Waals surface area (Å²) in [7, 11) is 0. The molecule has 110 valence electrons. The van der Waals surface area contributed by atoms with E-state index >= 15 is 0 Å². The van der Waals surface area contributed by atoms with Gasteiger partial charge < -0.3 is 10.6 Å². The second-order valence-electron chi connectivity index (χ2n) is 5.79. The zero-order chi connectivity index (χ0) is 14.9. The number of rotatable bonds is 3. The fraction of sp³-hybridized carbons (Fsp3) is 0.429. The van der Waals surface area contributed by atoms with Crippen LogP contribution < -0.4 is 5.73 Å². The number of nitrogens with two attached hydrogens (primary N) is 1. The third-order valence-electron chi connectivity index (χ3n) is 4.07. The SMILES string of the molecule is CC1(CN)CCN(C(=O)c2ccc(-n3cnnn3)cc2)C1. The van der Waals surface area contributed by atoms with Crippen molar-refractivity contribution in [1.29, 1.82) is 0 Å². The van der Waals surface area contributed by atoms with Gasteiger partial charge in [-0.05, 0) is 53.1 Å². The van der Waals surface area contributed by atoms with Crippen molar-refractivity contribution in [1.82, 2.24) is 25.1 Å². The van der Waals surface area contributed by atoms with Gasteiger partial charge in [0.25, 0.3) is 5.91 Å². The predicted octanol–water partition coefficient (Wildman–Crippen LogP) is 0.473. The number of likely N-dealkylation sites (tertiary alicyclic amines) is 1. The monoisotopic (exact) mass is 286 g/mol. The molecular formula is C14H18N6O. The summed E-state index contributed by atoms with van der Waals surface area (Å²) in [5.41, 5.74) is 7.33. The van der Waals surface area contributed by atoms with Crippen molar-refractivity contribution in [2.24, 2.45) is 11.1 Å². The minimum absolute atomic E-state index is 0.0437. The molecule has 1 unspecified atom stereocenters. The first-order valence-corrected chi connectivity index (χ1v) is 6.94. The quantitative estimate of drug-likeness (QED) is 0.886. The maximum absolute atomic E-state index is 12.5. The second-order valence-corrected chi connectivity index (χ2v) is 5.79. The van der Waals surface area contributed by atoms with E-state index in [1.165, 1.54) is 6.33 Å². The Hall–Kier alpha value is -2.28. The van der Waals surface area contributed by atoms with Crippen LogP contribution in [-0.2, 0) is 0 Å². The van der Waals surface area contributed by atoms with E-state index < -0.39 is 0 Å². The maximum Gasteiger partial charge on any atom is 0.253 e. The third kappa shape index (κ3) is 2.64.